The first-order chi connectivity index (χ1) is 10.6. The molecule has 0 aliphatic rings. The molecular weight excluding hydrogens is 280 g/mol. The van der Waals surface area contributed by atoms with Crippen molar-refractivity contribution in [1.29, 1.82) is 0 Å². The summed E-state index contributed by atoms with van der Waals surface area (Å²) in [7, 11) is 0. The van der Waals surface area contributed by atoms with Gasteiger partial charge in [0, 0.05) is 12.8 Å². The van der Waals surface area contributed by atoms with E-state index in [1.54, 1.807) is 30.4 Å². The molecule has 0 saturated carbocycles. The van der Waals surface area contributed by atoms with Gasteiger partial charge >= 0.3 is 5.97 Å². The van der Waals surface area contributed by atoms with Gasteiger partial charge in [-0.05, 0) is 18.9 Å². The zero-order valence-electron chi connectivity index (χ0n) is 13.4. The van der Waals surface area contributed by atoms with Crippen LogP contribution in [-0.4, -0.2) is 28.1 Å². The molecule has 4 nitrogen and oxygen atoms in total. The van der Waals surface area contributed by atoms with Gasteiger partial charge in [0.15, 0.2) is 5.78 Å². The molecule has 2 N–H and O–H groups in total. The molecule has 4 heteroatoms. The Morgan fingerprint density at radius 2 is 1.59 bits per heavy atom. The molecule has 0 aromatic rings. The Kier molecular flexibility index (Phi) is 13.2. The van der Waals surface area contributed by atoms with E-state index in [1.165, 1.54) is 6.08 Å². The fourth-order valence-electron chi connectivity index (χ4n) is 1.86. The molecule has 0 rings (SSSR count). The third-order valence-electron chi connectivity index (χ3n) is 3.19. The molecule has 0 heterocycles. The van der Waals surface area contributed by atoms with Crippen LogP contribution in [0.25, 0.3) is 0 Å². The van der Waals surface area contributed by atoms with Crippen molar-refractivity contribution >= 4 is 11.8 Å². The molecule has 1 atom stereocenters. The number of aliphatic carboxylic acids is 1. The monoisotopic (exact) mass is 308 g/mol. The van der Waals surface area contributed by atoms with Crippen molar-refractivity contribution in [3.05, 3.63) is 36.5 Å². The van der Waals surface area contributed by atoms with Gasteiger partial charge < -0.3 is 10.2 Å². The molecule has 0 radical (unpaired) electrons. The topological polar surface area (TPSA) is 74.6 Å². The highest BCUT2D eigenvalue weighted by Gasteiger charge is 1.99. The van der Waals surface area contributed by atoms with E-state index in [0.29, 0.717) is 12.8 Å². The van der Waals surface area contributed by atoms with Crippen LogP contribution in [0, 0.1) is 0 Å². The molecule has 0 aromatic heterocycles. The molecule has 0 aliphatic heterocycles. The first-order valence-corrected chi connectivity index (χ1v) is 8.00. The minimum Gasteiger partial charge on any atom is -0.481 e. The van der Waals surface area contributed by atoms with Crippen molar-refractivity contribution in [1.82, 2.24) is 0 Å². The first-order valence-electron chi connectivity index (χ1n) is 8.00. The van der Waals surface area contributed by atoms with Gasteiger partial charge in [0.05, 0.1) is 6.10 Å². The summed E-state index contributed by atoms with van der Waals surface area (Å²) in [4.78, 5) is 21.3. The number of unbranched alkanes of at least 4 members (excludes halogenated alkanes) is 4. The lowest BCUT2D eigenvalue weighted by Crippen LogP contribution is -2.01. The van der Waals surface area contributed by atoms with E-state index in [1.807, 2.05) is 6.92 Å². The molecule has 0 aliphatic carbocycles. The van der Waals surface area contributed by atoms with E-state index in [0.717, 1.165) is 32.1 Å². The summed E-state index contributed by atoms with van der Waals surface area (Å²) in [5, 5.41) is 18.2. The lowest BCUT2D eigenvalue weighted by Gasteiger charge is -2.04. The molecule has 1 unspecified atom stereocenters. The van der Waals surface area contributed by atoms with Crippen LogP contribution in [0.1, 0.15) is 58.3 Å². The van der Waals surface area contributed by atoms with Crippen LogP contribution in [0.15, 0.2) is 36.5 Å². The Hall–Kier alpha value is -1.68. The number of allylic oxidation sites excluding steroid dienone is 5. The summed E-state index contributed by atoms with van der Waals surface area (Å²) < 4.78 is 0. The Labute approximate surface area is 133 Å². The van der Waals surface area contributed by atoms with Gasteiger partial charge in [0.2, 0.25) is 0 Å². The van der Waals surface area contributed by atoms with Crippen LogP contribution < -0.4 is 0 Å². The van der Waals surface area contributed by atoms with Gasteiger partial charge in [-0.3, -0.25) is 9.59 Å². The fraction of sp³-hybridized carbons (Fsp3) is 0.556. The molecule has 0 aromatic carbocycles. The first kappa shape index (κ1) is 20.3. The van der Waals surface area contributed by atoms with Gasteiger partial charge in [-0.2, -0.15) is 0 Å². The Morgan fingerprint density at radius 3 is 2.27 bits per heavy atom. The lowest BCUT2D eigenvalue weighted by atomic mass is 10.1. The third-order valence-corrected chi connectivity index (χ3v) is 3.19. The highest BCUT2D eigenvalue weighted by molar-refractivity contribution is 5.89. The maximum atomic E-state index is 11.0. The Balaban J connectivity index is 3.60. The summed E-state index contributed by atoms with van der Waals surface area (Å²) in [6.45, 7) is 1.82. The highest BCUT2D eigenvalue weighted by Crippen LogP contribution is 2.09. The minimum atomic E-state index is -0.734. The van der Waals surface area contributed by atoms with Gasteiger partial charge in [-0.15, -0.1) is 0 Å². The van der Waals surface area contributed by atoms with Gasteiger partial charge in [0.25, 0.3) is 0 Å². The standard InChI is InChI=1S/C18H28O4/c1-2-16(19)12-8-6-7-10-14-17(20)13-9-4-3-5-11-15-18(21)22/h6-8,10,12,14,17,20H,2-5,9,11,13,15H2,1H3,(H,21,22)/b7-6+,12-8+,14-10+. The predicted molar refractivity (Wildman–Crippen MR) is 88.7 cm³/mol. The molecule has 124 valence electrons. The van der Waals surface area contributed by atoms with Gasteiger partial charge in [0.1, 0.15) is 0 Å². The zero-order valence-corrected chi connectivity index (χ0v) is 13.4. The summed E-state index contributed by atoms with van der Waals surface area (Å²) in [6, 6.07) is 0. The van der Waals surface area contributed by atoms with Crippen LogP contribution >= 0.6 is 0 Å². The number of aliphatic hydroxyl groups is 1. The van der Waals surface area contributed by atoms with Crippen LogP contribution in [0.2, 0.25) is 0 Å². The van der Waals surface area contributed by atoms with Crippen molar-refractivity contribution in [3.8, 4) is 0 Å². The predicted octanol–water partition coefficient (Wildman–Crippen LogP) is 3.81. The van der Waals surface area contributed by atoms with Crippen molar-refractivity contribution in [3.63, 3.8) is 0 Å². The molecule has 0 bridgehead atoms. The van der Waals surface area contributed by atoms with Gasteiger partial charge in [-0.25, -0.2) is 0 Å². The normalized spacial score (nSPS) is 13.4. The molecular formula is C18H28O4. The van der Waals surface area contributed by atoms with Gasteiger partial charge in [-0.1, -0.05) is 63.0 Å². The molecule has 0 fully saturated rings. The van der Waals surface area contributed by atoms with Crippen molar-refractivity contribution in [2.75, 3.05) is 0 Å². The van der Waals surface area contributed by atoms with Crippen LogP contribution in [-0.2, 0) is 9.59 Å². The van der Waals surface area contributed by atoms with Crippen LogP contribution in [0.3, 0.4) is 0 Å². The summed E-state index contributed by atoms with van der Waals surface area (Å²) in [5.74, 6) is -0.639. The second kappa shape index (κ2) is 14.3. The SMILES string of the molecule is CCC(=O)/C=C/C=C/C=C/C(O)CCCCCCCC(=O)O. The van der Waals surface area contributed by atoms with Crippen molar-refractivity contribution in [2.24, 2.45) is 0 Å². The maximum Gasteiger partial charge on any atom is 0.303 e. The summed E-state index contributed by atoms with van der Waals surface area (Å²) >= 11 is 0. The van der Waals surface area contributed by atoms with E-state index < -0.39 is 12.1 Å². The average molecular weight is 308 g/mol. The maximum absolute atomic E-state index is 11.0. The van der Waals surface area contributed by atoms with E-state index in [4.69, 9.17) is 5.11 Å². The van der Waals surface area contributed by atoms with E-state index in [9.17, 15) is 14.7 Å². The fourth-order valence-corrected chi connectivity index (χ4v) is 1.86. The second-order valence-corrected chi connectivity index (χ2v) is 5.22. The number of carbonyl (C=O) groups excluding carboxylic acids is 1. The Morgan fingerprint density at radius 1 is 0.955 bits per heavy atom. The number of rotatable bonds is 13. The average Bonchev–Trinajstić information content (AvgIpc) is 2.49. The van der Waals surface area contributed by atoms with Crippen molar-refractivity contribution in [2.45, 2.75) is 64.4 Å². The van der Waals surface area contributed by atoms with Crippen LogP contribution in [0.5, 0.6) is 0 Å². The Bertz CT molecular complexity index is 394. The smallest absolute Gasteiger partial charge is 0.303 e. The van der Waals surface area contributed by atoms with E-state index >= 15 is 0 Å². The largest absolute Gasteiger partial charge is 0.481 e. The number of ketones is 1. The number of hydrogen-bond donors (Lipinski definition) is 2. The minimum absolute atomic E-state index is 0.0945. The number of hydrogen-bond acceptors (Lipinski definition) is 3. The third kappa shape index (κ3) is 14.7. The molecule has 0 spiro atoms. The number of carboxylic acids is 1. The number of aliphatic hydroxyl groups excluding tert-OH is 1. The lowest BCUT2D eigenvalue weighted by molar-refractivity contribution is -0.137. The van der Waals surface area contributed by atoms with E-state index in [-0.39, 0.29) is 12.2 Å². The number of carbonyl (C=O) groups is 2. The molecule has 0 amide bonds. The zero-order chi connectivity index (χ0) is 16.6. The number of carboxylic acid groups (broad SMARTS) is 1. The quantitative estimate of drug-likeness (QED) is 0.308. The van der Waals surface area contributed by atoms with Crippen LogP contribution in [0.4, 0.5) is 0 Å². The highest BCUT2D eigenvalue weighted by atomic mass is 16.4. The molecule has 0 saturated heterocycles. The van der Waals surface area contributed by atoms with E-state index in [2.05, 4.69) is 0 Å². The second-order valence-electron chi connectivity index (χ2n) is 5.22. The summed E-state index contributed by atoms with van der Waals surface area (Å²) in [5.41, 5.74) is 0. The molecule has 22 heavy (non-hydrogen) atoms. The van der Waals surface area contributed by atoms with Crippen molar-refractivity contribution < 1.29 is 19.8 Å². The summed E-state index contributed by atoms with van der Waals surface area (Å²) in [6.07, 6.45) is 15.9.